The molecule has 8 nitrogen and oxygen atoms in total. The Balaban J connectivity index is 1.73. The quantitative estimate of drug-likeness (QED) is 0.161. The number of rotatable bonds is 10. The van der Waals surface area contributed by atoms with Crippen LogP contribution in [0.3, 0.4) is 0 Å². The molecule has 2 heterocycles. The number of ether oxygens (including phenoxy) is 2. The maximum Gasteiger partial charge on any atom is 0.359 e. The molecule has 0 saturated carbocycles. The number of benzene rings is 3. The highest BCUT2D eigenvalue weighted by molar-refractivity contribution is 6.07. The number of carbonyl (C=O) groups is 3. The van der Waals surface area contributed by atoms with Gasteiger partial charge >= 0.3 is 11.9 Å². The van der Waals surface area contributed by atoms with E-state index in [-0.39, 0.29) is 23.8 Å². The highest BCUT2D eigenvalue weighted by Crippen LogP contribution is 2.36. The number of hydrogen-bond acceptors (Lipinski definition) is 6. The number of carbonyl (C=O) groups excluding carboxylic acids is 3. The van der Waals surface area contributed by atoms with Crippen molar-refractivity contribution in [3.63, 3.8) is 0 Å². The van der Waals surface area contributed by atoms with Crippen LogP contribution >= 0.6 is 0 Å². The highest BCUT2D eigenvalue weighted by Gasteiger charge is 2.32. The lowest BCUT2D eigenvalue weighted by Gasteiger charge is -2.30. The summed E-state index contributed by atoms with van der Waals surface area (Å²) in [6.45, 7) is 14.7. The molecule has 0 saturated heterocycles. The summed E-state index contributed by atoms with van der Waals surface area (Å²) in [4.78, 5) is 43.4. The van der Waals surface area contributed by atoms with Gasteiger partial charge in [-0.1, -0.05) is 69.7 Å². The van der Waals surface area contributed by atoms with Gasteiger partial charge in [0.05, 0.1) is 23.6 Å². The second-order valence-electron chi connectivity index (χ2n) is 13.7. The molecule has 0 aliphatic carbocycles. The maximum atomic E-state index is 14.6. The van der Waals surface area contributed by atoms with E-state index in [1.165, 1.54) is 11.1 Å². The predicted octanol–water partition coefficient (Wildman–Crippen LogP) is 8.34. The Kier molecular flexibility index (Phi) is 10.5. The molecular weight excluding hydrogens is 602 g/mol. The van der Waals surface area contributed by atoms with Crippen LogP contribution in [0.2, 0.25) is 0 Å². The number of unbranched alkanes of at least 4 members (excludes halogenated alkanes) is 1. The first-order valence-electron chi connectivity index (χ1n) is 17.0. The fourth-order valence-electron chi connectivity index (χ4n) is 6.11. The minimum atomic E-state index is -0.715. The Morgan fingerprint density at radius 2 is 1.62 bits per heavy atom. The molecule has 4 aromatic rings. The van der Waals surface area contributed by atoms with Crippen molar-refractivity contribution >= 4 is 17.8 Å². The normalized spacial score (nSPS) is 13.0. The molecular formula is C40H47N3O5. The lowest BCUT2D eigenvalue weighted by molar-refractivity contribution is 0.00692. The van der Waals surface area contributed by atoms with Gasteiger partial charge in [0.25, 0.3) is 5.91 Å². The number of nitrogens with zero attached hydrogens (tertiary/aromatic N) is 3. The van der Waals surface area contributed by atoms with Crippen LogP contribution in [0.15, 0.2) is 66.7 Å². The summed E-state index contributed by atoms with van der Waals surface area (Å²) in [7, 11) is 0. The van der Waals surface area contributed by atoms with E-state index >= 15 is 0 Å². The van der Waals surface area contributed by atoms with Crippen molar-refractivity contribution in [2.75, 3.05) is 13.2 Å². The first kappa shape index (κ1) is 34.6. The van der Waals surface area contributed by atoms with Crippen LogP contribution in [0.5, 0.6) is 0 Å². The summed E-state index contributed by atoms with van der Waals surface area (Å²) in [6.07, 6.45) is 3.10. The number of fused-ring (bicyclic) bond motifs is 1. The zero-order valence-corrected chi connectivity index (χ0v) is 29.3. The Labute approximate surface area is 284 Å². The SMILES string of the molecule is CCCCc1c(-c2ccc(C(=O)OC(C)(C)C)cc2C(=O)N2CCc3ccccc3C2)c(C(=O)OCC)nn1-c1ccc(C(C)C)cc1. The van der Waals surface area contributed by atoms with Crippen LogP contribution in [0, 0.1) is 0 Å². The van der Waals surface area contributed by atoms with Gasteiger partial charge in [-0.3, -0.25) is 4.79 Å². The predicted molar refractivity (Wildman–Crippen MR) is 188 cm³/mol. The van der Waals surface area contributed by atoms with Crippen molar-refractivity contribution in [1.82, 2.24) is 14.7 Å². The molecule has 0 bridgehead atoms. The van der Waals surface area contributed by atoms with Crippen LogP contribution < -0.4 is 0 Å². The van der Waals surface area contributed by atoms with E-state index in [2.05, 4.69) is 39.0 Å². The zero-order chi connectivity index (χ0) is 34.6. The van der Waals surface area contributed by atoms with Crippen LogP contribution in [0.4, 0.5) is 0 Å². The maximum absolute atomic E-state index is 14.6. The fourth-order valence-corrected chi connectivity index (χ4v) is 6.11. The molecule has 0 fully saturated rings. The lowest BCUT2D eigenvalue weighted by Crippen LogP contribution is -2.36. The lowest BCUT2D eigenvalue weighted by atomic mass is 9.92. The summed E-state index contributed by atoms with van der Waals surface area (Å²) < 4.78 is 13.1. The monoisotopic (exact) mass is 649 g/mol. The number of hydrogen-bond donors (Lipinski definition) is 0. The zero-order valence-electron chi connectivity index (χ0n) is 29.3. The smallest absolute Gasteiger partial charge is 0.359 e. The Hall–Kier alpha value is -4.72. The van der Waals surface area contributed by atoms with Gasteiger partial charge in [0.15, 0.2) is 5.69 Å². The van der Waals surface area contributed by atoms with Crippen LogP contribution in [-0.2, 0) is 28.9 Å². The van der Waals surface area contributed by atoms with Gasteiger partial charge in [-0.05, 0) is 99.4 Å². The third-order valence-corrected chi connectivity index (χ3v) is 8.59. The molecule has 252 valence electrons. The van der Waals surface area contributed by atoms with Gasteiger partial charge in [-0.25, -0.2) is 14.3 Å². The van der Waals surface area contributed by atoms with Gasteiger partial charge < -0.3 is 14.4 Å². The molecule has 48 heavy (non-hydrogen) atoms. The second kappa shape index (κ2) is 14.6. The van der Waals surface area contributed by atoms with Crippen LogP contribution in [0.1, 0.15) is 121 Å². The van der Waals surface area contributed by atoms with Crippen molar-refractivity contribution in [3.8, 4) is 16.8 Å². The molecule has 8 heteroatoms. The third kappa shape index (κ3) is 7.53. The topological polar surface area (TPSA) is 90.7 Å². The third-order valence-electron chi connectivity index (χ3n) is 8.59. The number of aromatic nitrogens is 2. The Bertz CT molecular complexity index is 1800. The Morgan fingerprint density at radius 3 is 2.27 bits per heavy atom. The molecule has 3 aromatic carbocycles. The fraction of sp³-hybridized carbons (Fsp3) is 0.400. The molecule has 1 aliphatic heterocycles. The van der Waals surface area contributed by atoms with Gasteiger partial charge in [0.2, 0.25) is 0 Å². The molecule has 0 radical (unpaired) electrons. The van der Waals surface area contributed by atoms with E-state index < -0.39 is 17.5 Å². The van der Waals surface area contributed by atoms with E-state index in [4.69, 9.17) is 14.6 Å². The van der Waals surface area contributed by atoms with E-state index in [1.54, 1.807) is 25.1 Å². The van der Waals surface area contributed by atoms with Crippen LogP contribution in [-0.4, -0.2) is 51.3 Å². The number of esters is 2. The largest absolute Gasteiger partial charge is 0.461 e. The molecule has 0 atom stereocenters. The van der Waals surface area contributed by atoms with Gasteiger partial charge in [-0.15, -0.1) is 0 Å². The number of amides is 1. The van der Waals surface area contributed by atoms with E-state index in [1.807, 2.05) is 60.7 Å². The molecule has 0 spiro atoms. The molecule has 0 unspecified atom stereocenters. The minimum absolute atomic E-state index is 0.138. The molecule has 1 aromatic heterocycles. The van der Waals surface area contributed by atoms with Gasteiger partial charge in [0.1, 0.15) is 5.60 Å². The summed E-state index contributed by atoms with van der Waals surface area (Å²) in [5.41, 5.74) is 6.21. The first-order valence-corrected chi connectivity index (χ1v) is 17.0. The summed E-state index contributed by atoms with van der Waals surface area (Å²) in [5.74, 6) is -0.954. The molecule has 1 aliphatic rings. The molecule has 5 rings (SSSR count). The average Bonchev–Trinajstić information content (AvgIpc) is 3.45. The van der Waals surface area contributed by atoms with Crippen molar-refractivity contribution in [1.29, 1.82) is 0 Å². The minimum Gasteiger partial charge on any atom is -0.461 e. The van der Waals surface area contributed by atoms with Crippen molar-refractivity contribution in [3.05, 3.63) is 106 Å². The standard InChI is InChI=1S/C40H47N3O5/c1-8-10-15-34-35(36(39(46)47-9-2)41-43(34)31-19-16-27(17-20-31)26(3)4)32-21-18-29(38(45)48-40(5,6)7)24-33(32)37(44)42-23-22-28-13-11-12-14-30(28)25-42/h11-14,16-21,24,26H,8-10,15,22-23,25H2,1-7H3. The van der Waals surface area contributed by atoms with E-state index in [9.17, 15) is 14.4 Å². The van der Waals surface area contributed by atoms with E-state index in [0.717, 1.165) is 36.2 Å². The summed E-state index contributed by atoms with van der Waals surface area (Å²) in [6, 6.07) is 21.4. The first-order chi connectivity index (χ1) is 22.9. The van der Waals surface area contributed by atoms with Crippen molar-refractivity contribution in [2.45, 2.75) is 92.2 Å². The summed E-state index contributed by atoms with van der Waals surface area (Å²) in [5, 5.41) is 4.88. The van der Waals surface area contributed by atoms with E-state index in [0.29, 0.717) is 42.1 Å². The highest BCUT2D eigenvalue weighted by atomic mass is 16.6. The van der Waals surface area contributed by atoms with Crippen molar-refractivity contribution in [2.24, 2.45) is 0 Å². The Morgan fingerprint density at radius 1 is 0.917 bits per heavy atom. The average molecular weight is 650 g/mol. The molecule has 0 N–H and O–H groups in total. The van der Waals surface area contributed by atoms with Crippen molar-refractivity contribution < 1.29 is 23.9 Å². The summed E-state index contributed by atoms with van der Waals surface area (Å²) >= 11 is 0. The van der Waals surface area contributed by atoms with Crippen LogP contribution in [0.25, 0.3) is 16.8 Å². The second-order valence-corrected chi connectivity index (χ2v) is 13.7. The molecule has 1 amide bonds. The van der Waals surface area contributed by atoms with Gasteiger partial charge in [0, 0.05) is 24.2 Å². The van der Waals surface area contributed by atoms with Gasteiger partial charge in [-0.2, -0.15) is 5.10 Å².